The molecular formula is C19H21NO2. The lowest BCUT2D eigenvalue weighted by Gasteiger charge is -2.12. The molecule has 0 saturated carbocycles. The molecule has 114 valence electrons. The topological polar surface area (TPSA) is 42.4 Å². The first-order valence-electron chi connectivity index (χ1n) is 7.22. The summed E-state index contributed by atoms with van der Waals surface area (Å²) in [5.74, 6) is 0.964. The minimum Gasteiger partial charge on any atom is -0.508 e. The van der Waals surface area contributed by atoms with Crippen LogP contribution in [-0.4, -0.2) is 17.2 Å². The molecule has 0 aliphatic rings. The third-order valence-corrected chi connectivity index (χ3v) is 3.40. The average molecular weight is 295 g/mol. The van der Waals surface area contributed by atoms with Crippen molar-refractivity contribution in [3.8, 4) is 11.5 Å². The third-order valence-electron chi connectivity index (χ3n) is 3.40. The standard InChI is InChI=1S/C19H21NO2/c1-14(2)4-7-17-18(21)12-16(13-19(17)22-3)6-5-15-8-10-20-11-9-15/h5-6,8-13,21H,1,4,7H2,2-3H3/b6-5+. The van der Waals surface area contributed by atoms with Crippen LogP contribution >= 0.6 is 0 Å². The number of benzene rings is 1. The van der Waals surface area contributed by atoms with E-state index in [4.69, 9.17) is 4.74 Å². The van der Waals surface area contributed by atoms with Crippen LogP contribution in [0.1, 0.15) is 30.0 Å². The highest BCUT2D eigenvalue weighted by atomic mass is 16.5. The molecule has 3 heteroatoms. The molecule has 0 bridgehead atoms. The van der Waals surface area contributed by atoms with Gasteiger partial charge in [-0.05, 0) is 55.2 Å². The molecule has 0 saturated heterocycles. The quantitative estimate of drug-likeness (QED) is 0.799. The number of allylic oxidation sites excluding steroid dienone is 1. The van der Waals surface area contributed by atoms with Crippen LogP contribution in [0.5, 0.6) is 11.5 Å². The SMILES string of the molecule is C=C(C)CCc1c(O)cc(/C=C/c2ccncc2)cc1OC. The first-order valence-corrected chi connectivity index (χ1v) is 7.22. The Morgan fingerprint density at radius 2 is 1.91 bits per heavy atom. The number of rotatable bonds is 6. The van der Waals surface area contributed by atoms with E-state index in [0.29, 0.717) is 5.75 Å². The predicted octanol–water partition coefficient (Wildman–Crippen LogP) is 4.47. The van der Waals surface area contributed by atoms with Gasteiger partial charge in [-0.15, -0.1) is 6.58 Å². The zero-order valence-electron chi connectivity index (χ0n) is 13.0. The molecule has 0 amide bonds. The second-order valence-electron chi connectivity index (χ2n) is 5.29. The van der Waals surface area contributed by atoms with Crippen LogP contribution in [0.2, 0.25) is 0 Å². The summed E-state index contributed by atoms with van der Waals surface area (Å²) in [6.45, 7) is 5.88. The molecule has 1 N–H and O–H groups in total. The van der Waals surface area contributed by atoms with Crippen molar-refractivity contribution < 1.29 is 9.84 Å². The maximum absolute atomic E-state index is 10.3. The fraction of sp³-hybridized carbons (Fsp3) is 0.211. The van der Waals surface area contributed by atoms with E-state index in [1.165, 1.54) is 0 Å². The molecule has 0 aliphatic heterocycles. The largest absolute Gasteiger partial charge is 0.508 e. The van der Waals surface area contributed by atoms with Gasteiger partial charge in [-0.25, -0.2) is 0 Å². The molecule has 1 aromatic carbocycles. The fourth-order valence-electron chi connectivity index (χ4n) is 2.19. The van der Waals surface area contributed by atoms with Crippen LogP contribution in [0, 0.1) is 0 Å². The lowest BCUT2D eigenvalue weighted by atomic mass is 10.0. The highest BCUT2D eigenvalue weighted by Gasteiger charge is 2.10. The van der Waals surface area contributed by atoms with Crippen molar-refractivity contribution in [3.63, 3.8) is 0 Å². The molecule has 2 rings (SSSR count). The van der Waals surface area contributed by atoms with E-state index in [-0.39, 0.29) is 5.75 Å². The summed E-state index contributed by atoms with van der Waals surface area (Å²) in [7, 11) is 1.62. The fourth-order valence-corrected chi connectivity index (χ4v) is 2.19. The lowest BCUT2D eigenvalue weighted by Crippen LogP contribution is -1.95. The minimum atomic E-state index is 0.259. The highest BCUT2D eigenvalue weighted by molar-refractivity contribution is 5.71. The van der Waals surface area contributed by atoms with E-state index in [0.717, 1.165) is 35.1 Å². The second-order valence-corrected chi connectivity index (χ2v) is 5.29. The van der Waals surface area contributed by atoms with Crippen molar-refractivity contribution in [2.24, 2.45) is 0 Å². The Morgan fingerprint density at radius 1 is 1.23 bits per heavy atom. The van der Waals surface area contributed by atoms with E-state index in [2.05, 4.69) is 11.6 Å². The number of aromatic nitrogens is 1. The summed E-state index contributed by atoms with van der Waals surface area (Å²) >= 11 is 0. The van der Waals surface area contributed by atoms with Crippen LogP contribution in [0.3, 0.4) is 0 Å². The van der Waals surface area contributed by atoms with Gasteiger partial charge >= 0.3 is 0 Å². The monoisotopic (exact) mass is 295 g/mol. The summed E-state index contributed by atoms with van der Waals surface area (Å²) < 4.78 is 5.42. The van der Waals surface area contributed by atoms with Crippen LogP contribution in [0.4, 0.5) is 0 Å². The second kappa shape index (κ2) is 7.46. The molecule has 0 spiro atoms. The van der Waals surface area contributed by atoms with Crippen molar-refractivity contribution in [1.29, 1.82) is 0 Å². The van der Waals surface area contributed by atoms with Gasteiger partial charge in [-0.1, -0.05) is 17.7 Å². The third kappa shape index (κ3) is 4.22. The van der Waals surface area contributed by atoms with Crippen molar-refractivity contribution >= 4 is 12.2 Å². The van der Waals surface area contributed by atoms with Crippen molar-refractivity contribution in [2.75, 3.05) is 7.11 Å². The predicted molar refractivity (Wildman–Crippen MR) is 91.0 cm³/mol. The molecule has 0 unspecified atom stereocenters. The number of nitrogens with zero attached hydrogens (tertiary/aromatic N) is 1. The molecule has 0 radical (unpaired) electrons. The Bertz CT molecular complexity index is 675. The number of methoxy groups -OCH3 is 1. The molecule has 1 aromatic heterocycles. The number of ether oxygens (including phenoxy) is 1. The lowest BCUT2D eigenvalue weighted by molar-refractivity contribution is 0.399. The van der Waals surface area contributed by atoms with E-state index >= 15 is 0 Å². The van der Waals surface area contributed by atoms with Gasteiger partial charge in [-0.2, -0.15) is 0 Å². The van der Waals surface area contributed by atoms with E-state index in [1.54, 1.807) is 25.6 Å². The Kier molecular flexibility index (Phi) is 5.37. The van der Waals surface area contributed by atoms with Gasteiger partial charge in [0.1, 0.15) is 11.5 Å². The van der Waals surface area contributed by atoms with E-state index in [9.17, 15) is 5.11 Å². The Hall–Kier alpha value is -2.55. The molecule has 22 heavy (non-hydrogen) atoms. The molecule has 1 heterocycles. The van der Waals surface area contributed by atoms with Gasteiger partial charge in [0.2, 0.25) is 0 Å². The molecule has 0 fully saturated rings. The summed E-state index contributed by atoms with van der Waals surface area (Å²) in [6, 6.07) is 7.54. The van der Waals surface area contributed by atoms with Gasteiger partial charge in [0.15, 0.2) is 0 Å². The van der Waals surface area contributed by atoms with E-state index < -0.39 is 0 Å². The number of phenols is 1. The minimum absolute atomic E-state index is 0.259. The smallest absolute Gasteiger partial charge is 0.126 e. The van der Waals surface area contributed by atoms with Crippen molar-refractivity contribution in [2.45, 2.75) is 19.8 Å². The number of aromatic hydroxyl groups is 1. The Labute approximate surface area is 131 Å². The van der Waals surface area contributed by atoms with Gasteiger partial charge in [0.05, 0.1) is 7.11 Å². The maximum Gasteiger partial charge on any atom is 0.126 e. The van der Waals surface area contributed by atoms with Gasteiger partial charge in [0.25, 0.3) is 0 Å². The molecule has 0 atom stereocenters. The molecule has 3 nitrogen and oxygen atoms in total. The van der Waals surface area contributed by atoms with Gasteiger partial charge in [-0.3, -0.25) is 4.98 Å². The van der Waals surface area contributed by atoms with Gasteiger partial charge < -0.3 is 9.84 Å². The summed E-state index contributed by atoms with van der Waals surface area (Å²) in [5.41, 5.74) is 3.86. The zero-order chi connectivity index (χ0) is 15.9. The highest BCUT2D eigenvalue weighted by Crippen LogP contribution is 2.32. The van der Waals surface area contributed by atoms with Crippen LogP contribution in [0.15, 0.2) is 48.8 Å². The van der Waals surface area contributed by atoms with Crippen LogP contribution in [0.25, 0.3) is 12.2 Å². The Morgan fingerprint density at radius 3 is 2.55 bits per heavy atom. The van der Waals surface area contributed by atoms with Crippen LogP contribution < -0.4 is 4.74 Å². The summed E-state index contributed by atoms with van der Waals surface area (Å²) in [5, 5.41) is 10.3. The number of phenolic OH excluding ortho intramolecular Hbond substituents is 1. The number of hydrogen-bond donors (Lipinski definition) is 1. The molecular weight excluding hydrogens is 274 g/mol. The maximum atomic E-state index is 10.3. The van der Waals surface area contributed by atoms with Crippen molar-refractivity contribution in [1.82, 2.24) is 4.98 Å². The Balaban J connectivity index is 2.25. The zero-order valence-corrected chi connectivity index (χ0v) is 13.0. The number of pyridine rings is 1. The first kappa shape index (κ1) is 15.8. The summed E-state index contributed by atoms with van der Waals surface area (Å²) in [4.78, 5) is 3.99. The van der Waals surface area contributed by atoms with Crippen molar-refractivity contribution in [3.05, 3.63) is 65.5 Å². The summed E-state index contributed by atoms with van der Waals surface area (Å²) in [6.07, 6.45) is 8.97. The van der Waals surface area contributed by atoms with E-state index in [1.807, 2.05) is 37.3 Å². The van der Waals surface area contributed by atoms with Crippen LogP contribution in [-0.2, 0) is 6.42 Å². The normalized spacial score (nSPS) is 10.8. The molecule has 0 aliphatic carbocycles. The average Bonchev–Trinajstić information content (AvgIpc) is 2.52. The molecule has 2 aromatic rings. The van der Waals surface area contributed by atoms with Gasteiger partial charge in [0, 0.05) is 18.0 Å². The first-order chi connectivity index (χ1) is 10.6. The number of hydrogen-bond acceptors (Lipinski definition) is 3.